The first-order valence-corrected chi connectivity index (χ1v) is 7.00. The highest BCUT2D eigenvalue weighted by Gasteiger charge is 2.40. The van der Waals surface area contributed by atoms with Crippen molar-refractivity contribution in [2.24, 2.45) is 7.05 Å². The van der Waals surface area contributed by atoms with Gasteiger partial charge in [-0.25, -0.2) is 0 Å². The third-order valence-corrected chi connectivity index (χ3v) is 4.22. The van der Waals surface area contributed by atoms with Crippen molar-refractivity contribution in [1.82, 2.24) is 15.1 Å². The van der Waals surface area contributed by atoms with Crippen LogP contribution in [0.15, 0.2) is 6.20 Å². The van der Waals surface area contributed by atoms with Crippen LogP contribution in [0.4, 0.5) is 0 Å². The predicted molar refractivity (Wildman–Crippen MR) is 74.4 cm³/mol. The maximum Gasteiger partial charge on any atom is 0.161 e. The first-order chi connectivity index (χ1) is 9.15. The van der Waals surface area contributed by atoms with Crippen LogP contribution < -0.4 is 10.1 Å². The topological polar surface area (TPSA) is 48.3 Å². The van der Waals surface area contributed by atoms with E-state index in [-0.39, 0.29) is 11.6 Å². The highest BCUT2D eigenvalue weighted by atomic mass is 16.5. The average molecular weight is 267 g/mol. The van der Waals surface area contributed by atoms with Crippen molar-refractivity contribution in [2.75, 3.05) is 20.8 Å². The molecule has 2 rings (SSSR count). The molecule has 0 radical (unpaired) electrons. The van der Waals surface area contributed by atoms with Crippen molar-refractivity contribution in [3.05, 3.63) is 11.9 Å². The van der Waals surface area contributed by atoms with Crippen molar-refractivity contribution in [3.63, 3.8) is 0 Å². The van der Waals surface area contributed by atoms with Crippen molar-refractivity contribution >= 4 is 0 Å². The highest BCUT2D eigenvalue weighted by molar-refractivity contribution is 5.28. The van der Waals surface area contributed by atoms with E-state index in [4.69, 9.17) is 9.47 Å². The highest BCUT2D eigenvalue weighted by Crippen LogP contribution is 2.43. The molecule has 0 bridgehead atoms. The van der Waals surface area contributed by atoms with E-state index in [1.54, 1.807) is 13.3 Å². The van der Waals surface area contributed by atoms with Gasteiger partial charge in [-0.1, -0.05) is 6.92 Å². The second-order valence-corrected chi connectivity index (χ2v) is 5.28. The summed E-state index contributed by atoms with van der Waals surface area (Å²) in [6.45, 7) is 3.04. The lowest BCUT2D eigenvalue weighted by Crippen LogP contribution is -2.43. The fourth-order valence-corrected chi connectivity index (χ4v) is 2.93. The first kappa shape index (κ1) is 14.3. The maximum atomic E-state index is 5.75. The van der Waals surface area contributed by atoms with Gasteiger partial charge in [-0.2, -0.15) is 5.10 Å². The number of aromatic nitrogens is 2. The molecule has 1 heterocycles. The minimum Gasteiger partial charge on any atom is -0.493 e. The molecule has 5 heteroatoms. The molecule has 0 aromatic carbocycles. The van der Waals surface area contributed by atoms with Gasteiger partial charge < -0.3 is 14.8 Å². The molecule has 1 aliphatic carbocycles. The molecule has 0 aliphatic heterocycles. The lowest BCUT2D eigenvalue weighted by molar-refractivity contribution is -0.0842. The predicted octanol–water partition coefficient (Wildman–Crippen LogP) is 2.04. The van der Waals surface area contributed by atoms with Gasteiger partial charge in [0.2, 0.25) is 0 Å². The number of ether oxygens (including phenoxy) is 2. The number of methoxy groups -OCH3 is 2. The fraction of sp³-hybridized carbons (Fsp3) is 0.786. The molecule has 1 aromatic heterocycles. The van der Waals surface area contributed by atoms with Gasteiger partial charge >= 0.3 is 0 Å². The zero-order valence-corrected chi connectivity index (χ0v) is 12.4. The van der Waals surface area contributed by atoms with E-state index in [2.05, 4.69) is 17.3 Å². The molecule has 108 valence electrons. The molecule has 1 atom stereocenters. The van der Waals surface area contributed by atoms with Gasteiger partial charge in [-0.05, 0) is 32.2 Å². The number of hydrogen-bond donors (Lipinski definition) is 1. The molecular formula is C14H25N3O2. The normalized spacial score (nSPS) is 18.9. The zero-order valence-electron chi connectivity index (χ0n) is 12.4. The molecule has 1 aliphatic rings. The molecule has 1 saturated carbocycles. The molecule has 0 amide bonds. The standard InChI is InChI=1S/C14H25N3O2/c1-5-15-11(9-14(19-4)7-6-8-14)13-12(18-3)10-16-17(13)2/h10-11,15H,5-9H2,1-4H3. The monoisotopic (exact) mass is 267 g/mol. The van der Waals surface area contributed by atoms with Gasteiger partial charge in [0.15, 0.2) is 5.75 Å². The third-order valence-electron chi connectivity index (χ3n) is 4.22. The minimum absolute atomic E-state index is 0.0299. The Balaban J connectivity index is 2.21. The Morgan fingerprint density at radius 1 is 1.47 bits per heavy atom. The number of aryl methyl sites for hydroxylation is 1. The van der Waals surface area contributed by atoms with E-state index in [9.17, 15) is 0 Å². The van der Waals surface area contributed by atoms with Crippen LogP contribution in [0.1, 0.15) is 44.3 Å². The largest absolute Gasteiger partial charge is 0.493 e. The molecule has 0 spiro atoms. The maximum absolute atomic E-state index is 5.75. The van der Waals surface area contributed by atoms with Crippen molar-refractivity contribution < 1.29 is 9.47 Å². The summed E-state index contributed by atoms with van der Waals surface area (Å²) >= 11 is 0. The summed E-state index contributed by atoms with van der Waals surface area (Å²) in [5.41, 5.74) is 1.13. The van der Waals surface area contributed by atoms with Crippen molar-refractivity contribution in [2.45, 2.75) is 44.2 Å². The number of nitrogens with zero attached hydrogens (tertiary/aromatic N) is 2. The second-order valence-electron chi connectivity index (χ2n) is 5.28. The molecule has 1 unspecified atom stereocenters. The van der Waals surface area contributed by atoms with E-state index in [0.29, 0.717) is 0 Å². The molecule has 1 fully saturated rings. The van der Waals surface area contributed by atoms with Crippen LogP contribution in [-0.2, 0) is 11.8 Å². The first-order valence-electron chi connectivity index (χ1n) is 7.00. The van der Waals surface area contributed by atoms with Crippen LogP contribution in [-0.4, -0.2) is 36.1 Å². The molecule has 1 N–H and O–H groups in total. The van der Waals surface area contributed by atoms with E-state index in [0.717, 1.165) is 37.3 Å². The smallest absolute Gasteiger partial charge is 0.161 e. The molecular weight excluding hydrogens is 242 g/mol. The molecule has 5 nitrogen and oxygen atoms in total. The summed E-state index contributed by atoms with van der Waals surface area (Å²) in [4.78, 5) is 0. The summed E-state index contributed by atoms with van der Waals surface area (Å²) in [6, 6.07) is 0.215. The van der Waals surface area contributed by atoms with Gasteiger partial charge in [0.25, 0.3) is 0 Å². The summed E-state index contributed by atoms with van der Waals surface area (Å²) in [7, 11) is 5.48. The van der Waals surface area contributed by atoms with Gasteiger partial charge in [0.05, 0.1) is 30.6 Å². The zero-order chi connectivity index (χ0) is 13.9. The van der Waals surface area contributed by atoms with Gasteiger partial charge in [0.1, 0.15) is 0 Å². The van der Waals surface area contributed by atoms with Gasteiger partial charge in [0, 0.05) is 14.2 Å². The molecule has 1 aromatic rings. The number of hydrogen-bond acceptors (Lipinski definition) is 4. The van der Waals surface area contributed by atoms with Crippen LogP contribution in [0.2, 0.25) is 0 Å². The van der Waals surface area contributed by atoms with Crippen LogP contribution in [0.25, 0.3) is 0 Å². The second kappa shape index (κ2) is 5.92. The Bertz CT molecular complexity index is 407. The van der Waals surface area contributed by atoms with Crippen molar-refractivity contribution in [3.8, 4) is 5.75 Å². The van der Waals surface area contributed by atoms with E-state index in [1.807, 2.05) is 18.8 Å². The van der Waals surface area contributed by atoms with Crippen LogP contribution in [0.5, 0.6) is 5.75 Å². The average Bonchev–Trinajstić information content (AvgIpc) is 2.74. The van der Waals surface area contributed by atoms with E-state index < -0.39 is 0 Å². The molecule has 19 heavy (non-hydrogen) atoms. The third kappa shape index (κ3) is 2.77. The Kier molecular flexibility index (Phi) is 4.47. The van der Waals surface area contributed by atoms with Gasteiger partial charge in [-0.15, -0.1) is 0 Å². The van der Waals surface area contributed by atoms with Crippen LogP contribution in [0, 0.1) is 0 Å². The fourth-order valence-electron chi connectivity index (χ4n) is 2.93. The lowest BCUT2D eigenvalue weighted by Gasteiger charge is -2.43. The Morgan fingerprint density at radius 3 is 2.68 bits per heavy atom. The Morgan fingerprint density at radius 2 is 2.21 bits per heavy atom. The quantitative estimate of drug-likeness (QED) is 0.821. The summed E-state index contributed by atoms with van der Waals surface area (Å²) in [5.74, 6) is 0.846. The Labute approximate surface area is 115 Å². The van der Waals surface area contributed by atoms with Gasteiger partial charge in [-0.3, -0.25) is 4.68 Å². The summed E-state index contributed by atoms with van der Waals surface area (Å²) in [5, 5.41) is 7.84. The summed E-state index contributed by atoms with van der Waals surface area (Å²) in [6.07, 6.45) is 6.29. The summed E-state index contributed by atoms with van der Waals surface area (Å²) < 4.78 is 13.1. The van der Waals surface area contributed by atoms with Crippen LogP contribution >= 0.6 is 0 Å². The van der Waals surface area contributed by atoms with Crippen molar-refractivity contribution in [1.29, 1.82) is 0 Å². The molecule has 0 saturated heterocycles. The van der Waals surface area contributed by atoms with Crippen LogP contribution in [0.3, 0.4) is 0 Å². The Hall–Kier alpha value is -1.07. The van der Waals surface area contributed by atoms with E-state index >= 15 is 0 Å². The van der Waals surface area contributed by atoms with E-state index in [1.165, 1.54) is 6.42 Å². The number of nitrogens with one attached hydrogen (secondary N) is 1. The number of rotatable bonds is 7. The lowest BCUT2D eigenvalue weighted by atomic mass is 9.75. The minimum atomic E-state index is 0.0299. The SMILES string of the molecule is CCNC(CC1(OC)CCC1)c1c(OC)cnn1C.